The lowest BCUT2D eigenvalue weighted by Gasteiger charge is -2.10. The Labute approximate surface area is 137 Å². The molecule has 98 valence electrons. The van der Waals surface area contributed by atoms with E-state index in [0.717, 1.165) is 21.0 Å². The van der Waals surface area contributed by atoms with E-state index in [2.05, 4.69) is 27.4 Å². The fourth-order valence-electron chi connectivity index (χ4n) is 2.02. The fraction of sp³-hybridized carbons (Fsp3) is 0.0769. The van der Waals surface area contributed by atoms with E-state index in [1.54, 1.807) is 11.3 Å². The molecule has 1 atom stereocenters. The summed E-state index contributed by atoms with van der Waals surface area (Å²) in [7, 11) is 0. The van der Waals surface area contributed by atoms with Gasteiger partial charge in [-0.3, -0.25) is 0 Å². The lowest BCUT2D eigenvalue weighted by Crippen LogP contribution is -2.10. The maximum Gasteiger partial charge on any atom is 0.0995 e. The van der Waals surface area contributed by atoms with E-state index >= 15 is 0 Å². The number of hydrogen-bond acceptors (Lipinski definition) is 3. The molecule has 0 saturated heterocycles. The second-order valence-corrected chi connectivity index (χ2v) is 8.08. The molecule has 19 heavy (non-hydrogen) atoms. The van der Waals surface area contributed by atoms with Gasteiger partial charge in [0.05, 0.1) is 14.7 Å². The van der Waals surface area contributed by atoms with Crippen LogP contribution in [0, 0.1) is 0 Å². The van der Waals surface area contributed by atoms with Gasteiger partial charge in [0.15, 0.2) is 0 Å². The van der Waals surface area contributed by atoms with Crippen molar-refractivity contribution in [1.29, 1.82) is 0 Å². The Bertz CT molecular complexity index is 750. The molecule has 0 bridgehead atoms. The van der Waals surface area contributed by atoms with E-state index in [4.69, 9.17) is 28.9 Å². The fourth-order valence-corrected chi connectivity index (χ4v) is 5.22. The third kappa shape index (κ3) is 2.46. The normalized spacial score (nSPS) is 13.1. The minimum Gasteiger partial charge on any atom is -0.320 e. The number of rotatable bonds is 2. The molecule has 0 amide bonds. The van der Waals surface area contributed by atoms with Gasteiger partial charge in [-0.15, -0.1) is 22.7 Å². The maximum atomic E-state index is 6.35. The van der Waals surface area contributed by atoms with Gasteiger partial charge in [-0.25, -0.2) is 0 Å². The molecule has 0 radical (unpaired) electrons. The molecule has 1 aromatic carbocycles. The molecular formula is C13H8BrCl2NS2. The zero-order valence-electron chi connectivity index (χ0n) is 9.49. The first-order valence-corrected chi connectivity index (χ1v) is 8.68. The van der Waals surface area contributed by atoms with Gasteiger partial charge in [0, 0.05) is 14.7 Å². The molecule has 1 nitrogen and oxygen atoms in total. The van der Waals surface area contributed by atoms with E-state index in [0.29, 0.717) is 8.67 Å². The number of fused-ring (bicyclic) bond motifs is 1. The standard InChI is InChI=1S/C13H8BrCl2NS2/c14-9-3-1-2-6-8(5-18-12(6)9)11(17)7-4-10(15)19-13(7)16/h1-5,11H,17H2. The topological polar surface area (TPSA) is 26.0 Å². The average Bonchev–Trinajstić information content (AvgIpc) is 2.93. The van der Waals surface area contributed by atoms with Crippen molar-refractivity contribution < 1.29 is 0 Å². The number of nitrogens with two attached hydrogens (primary N) is 1. The van der Waals surface area contributed by atoms with Gasteiger partial charge >= 0.3 is 0 Å². The van der Waals surface area contributed by atoms with Crippen molar-refractivity contribution in [2.45, 2.75) is 6.04 Å². The zero-order valence-corrected chi connectivity index (χ0v) is 14.2. The molecule has 6 heteroatoms. The molecule has 1 unspecified atom stereocenters. The quantitative estimate of drug-likeness (QED) is 0.561. The van der Waals surface area contributed by atoms with Gasteiger partial charge in [-0.2, -0.15) is 0 Å². The van der Waals surface area contributed by atoms with Crippen LogP contribution in [-0.2, 0) is 0 Å². The van der Waals surface area contributed by atoms with Crippen LogP contribution < -0.4 is 5.73 Å². The monoisotopic (exact) mass is 391 g/mol. The van der Waals surface area contributed by atoms with Gasteiger partial charge in [0.1, 0.15) is 0 Å². The lowest BCUT2D eigenvalue weighted by molar-refractivity contribution is 0.891. The minimum atomic E-state index is -0.251. The van der Waals surface area contributed by atoms with Crippen LogP contribution in [0.4, 0.5) is 0 Å². The molecule has 0 saturated carbocycles. The summed E-state index contributed by atoms with van der Waals surface area (Å²) >= 11 is 18.8. The van der Waals surface area contributed by atoms with Gasteiger partial charge in [-0.05, 0) is 44.4 Å². The van der Waals surface area contributed by atoms with E-state index < -0.39 is 0 Å². The molecule has 2 heterocycles. The van der Waals surface area contributed by atoms with Gasteiger partial charge in [0.2, 0.25) is 0 Å². The largest absolute Gasteiger partial charge is 0.320 e. The third-order valence-electron chi connectivity index (χ3n) is 2.93. The summed E-state index contributed by atoms with van der Waals surface area (Å²) in [4.78, 5) is 0. The highest BCUT2D eigenvalue weighted by atomic mass is 79.9. The van der Waals surface area contributed by atoms with Crippen molar-refractivity contribution in [2.24, 2.45) is 5.73 Å². The van der Waals surface area contributed by atoms with Crippen LogP contribution in [0.5, 0.6) is 0 Å². The second kappa shape index (κ2) is 5.35. The summed E-state index contributed by atoms with van der Waals surface area (Å²) in [6.45, 7) is 0. The Kier molecular flexibility index (Phi) is 3.91. The molecule has 0 aliphatic rings. The highest BCUT2D eigenvalue weighted by Crippen LogP contribution is 2.41. The van der Waals surface area contributed by atoms with Crippen LogP contribution >= 0.6 is 61.8 Å². The maximum absolute atomic E-state index is 6.35. The zero-order chi connectivity index (χ0) is 13.6. The molecule has 0 aliphatic carbocycles. The Balaban J connectivity index is 2.14. The van der Waals surface area contributed by atoms with Crippen LogP contribution in [0.25, 0.3) is 10.1 Å². The summed E-state index contributed by atoms with van der Waals surface area (Å²) in [5, 5.41) is 3.24. The predicted octanol–water partition coefficient (Wildman–Crippen LogP) is 6.08. The Morgan fingerprint density at radius 2 is 2.00 bits per heavy atom. The van der Waals surface area contributed by atoms with E-state index in [9.17, 15) is 0 Å². The summed E-state index contributed by atoms with van der Waals surface area (Å²) in [5.41, 5.74) is 8.31. The van der Waals surface area contributed by atoms with Crippen LogP contribution in [0.1, 0.15) is 17.2 Å². The van der Waals surface area contributed by atoms with Crippen molar-refractivity contribution in [3.8, 4) is 0 Å². The highest BCUT2D eigenvalue weighted by molar-refractivity contribution is 9.10. The van der Waals surface area contributed by atoms with Crippen LogP contribution in [0.3, 0.4) is 0 Å². The third-order valence-corrected chi connectivity index (χ3v) is 6.42. The summed E-state index contributed by atoms with van der Waals surface area (Å²) in [5.74, 6) is 0. The van der Waals surface area contributed by atoms with Crippen molar-refractivity contribution in [3.05, 3.63) is 53.9 Å². The van der Waals surface area contributed by atoms with Crippen LogP contribution in [0.2, 0.25) is 8.67 Å². The van der Waals surface area contributed by atoms with Gasteiger partial charge in [0.25, 0.3) is 0 Å². The SMILES string of the molecule is NC(c1cc(Cl)sc1Cl)c1csc2c(Br)cccc12. The van der Waals surface area contributed by atoms with Crippen molar-refractivity contribution in [3.63, 3.8) is 0 Å². The van der Waals surface area contributed by atoms with Crippen LogP contribution in [0.15, 0.2) is 34.1 Å². The average molecular weight is 393 g/mol. The molecule has 2 aromatic heterocycles. The first kappa shape index (κ1) is 13.9. The smallest absolute Gasteiger partial charge is 0.0995 e. The van der Waals surface area contributed by atoms with Crippen LogP contribution in [-0.4, -0.2) is 0 Å². The summed E-state index contributed by atoms with van der Waals surface area (Å²) < 4.78 is 3.61. The van der Waals surface area contributed by atoms with E-state index in [-0.39, 0.29) is 6.04 Å². The molecule has 2 N–H and O–H groups in total. The molecule has 0 fully saturated rings. The molecular weight excluding hydrogens is 385 g/mol. The van der Waals surface area contributed by atoms with E-state index in [1.807, 2.05) is 18.2 Å². The number of benzene rings is 1. The highest BCUT2D eigenvalue weighted by Gasteiger charge is 2.19. The van der Waals surface area contributed by atoms with Gasteiger partial charge < -0.3 is 5.73 Å². The summed E-state index contributed by atoms with van der Waals surface area (Å²) in [6.07, 6.45) is 0. The predicted molar refractivity (Wildman–Crippen MR) is 89.9 cm³/mol. The Morgan fingerprint density at radius 1 is 1.21 bits per heavy atom. The summed E-state index contributed by atoms with van der Waals surface area (Å²) in [6, 6.07) is 7.72. The number of halogens is 3. The number of thiophene rings is 2. The first-order chi connectivity index (χ1) is 9.08. The van der Waals surface area contributed by atoms with Crippen molar-refractivity contribution in [1.82, 2.24) is 0 Å². The molecule has 3 aromatic rings. The lowest BCUT2D eigenvalue weighted by atomic mass is 10.0. The Morgan fingerprint density at radius 3 is 2.68 bits per heavy atom. The number of hydrogen-bond donors (Lipinski definition) is 1. The minimum absolute atomic E-state index is 0.251. The van der Waals surface area contributed by atoms with Crippen molar-refractivity contribution >= 4 is 71.9 Å². The Hall–Kier alpha value is -0.100. The second-order valence-electron chi connectivity index (χ2n) is 4.06. The molecule has 3 rings (SSSR count). The molecule has 0 aliphatic heterocycles. The van der Waals surface area contributed by atoms with Crippen molar-refractivity contribution in [2.75, 3.05) is 0 Å². The first-order valence-electron chi connectivity index (χ1n) is 5.44. The van der Waals surface area contributed by atoms with E-state index in [1.165, 1.54) is 16.0 Å². The molecule has 0 spiro atoms. The van der Waals surface area contributed by atoms with Gasteiger partial charge in [-0.1, -0.05) is 35.3 Å².